The minimum absolute atomic E-state index is 0.210. The first kappa shape index (κ1) is 19.0. The molecule has 0 aliphatic heterocycles. The maximum Gasteiger partial charge on any atom is 0.264 e. The third-order valence-electron chi connectivity index (χ3n) is 3.70. The normalized spacial score (nSPS) is 11.9. The second-order valence-electron chi connectivity index (χ2n) is 6.99. The zero-order valence-electron chi connectivity index (χ0n) is 15.2. The number of carbonyl (C=O) groups excluding carboxylic acids is 1. The van der Waals surface area contributed by atoms with Crippen LogP contribution in [0.4, 0.5) is 5.69 Å². The monoisotopic (exact) mass is 360 g/mol. The van der Waals surface area contributed by atoms with Crippen LogP contribution in [0.25, 0.3) is 0 Å². The van der Waals surface area contributed by atoms with Crippen molar-refractivity contribution in [3.8, 4) is 0 Å². The third-order valence-corrected chi connectivity index (χ3v) is 5.49. The van der Waals surface area contributed by atoms with E-state index in [2.05, 4.69) is 5.32 Å². The second kappa shape index (κ2) is 6.88. The summed E-state index contributed by atoms with van der Waals surface area (Å²) in [6.07, 6.45) is 0. The number of sulfonamides is 1. The summed E-state index contributed by atoms with van der Waals surface area (Å²) in [5.41, 5.74) is 1.30. The first-order valence-electron chi connectivity index (χ1n) is 7.99. The van der Waals surface area contributed by atoms with Gasteiger partial charge in [-0.15, -0.1) is 0 Å². The van der Waals surface area contributed by atoms with Gasteiger partial charge in [0, 0.05) is 18.2 Å². The molecule has 0 spiro atoms. The van der Waals surface area contributed by atoms with Crippen LogP contribution in [0.15, 0.2) is 53.4 Å². The predicted octanol–water partition coefficient (Wildman–Crippen LogP) is 3.35. The smallest absolute Gasteiger partial charge is 0.264 e. The lowest BCUT2D eigenvalue weighted by molar-refractivity contribution is 0.0919. The molecular weight excluding hydrogens is 336 g/mol. The van der Waals surface area contributed by atoms with Crippen molar-refractivity contribution < 1.29 is 13.2 Å². The molecule has 0 saturated heterocycles. The number of hydrogen-bond acceptors (Lipinski definition) is 3. The highest BCUT2D eigenvalue weighted by atomic mass is 32.2. The van der Waals surface area contributed by atoms with Gasteiger partial charge in [-0.05, 0) is 57.5 Å². The van der Waals surface area contributed by atoms with Crippen molar-refractivity contribution in [2.75, 3.05) is 11.4 Å². The SMILES string of the molecule is Cc1ccc(C(=O)NC(C)(C)C)cc1N(C)S(=O)(=O)c1ccccc1. The number of nitrogens with one attached hydrogen (secondary N) is 1. The number of nitrogens with zero attached hydrogens (tertiary/aromatic N) is 1. The number of amides is 1. The van der Waals surface area contributed by atoms with Crippen LogP contribution in [-0.4, -0.2) is 26.9 Å². The Hall–Kier alpha value is -2.34. The number of benzene rings is 2. The van der Waals surface area contributed by atoms with Crippen LogP contribution in [0.5, 0.6) is 0 Å². The quantitative estimate of drug-likeness (QED) is 0.909. The fraction of sp³-hybridized carbons (Fsp3) is 0.316. The molecule has 6 heteroatoms. The highest BCUT2D eigenvalue weighted by molar-refractivity contribution is 7.92. The summed E-state index contributed by atoms with van der Waals surface area (Å²) in [5, 5.41) is 2.88. The first-order chi connectivity index (χ1) is 11.5. The molecule has 0 fully saturated rings. The van der Waals surface area contributed by atoms with Crippen LogP contribution in [0.2, 0.25) is 0 Å². The summed E-state index contributed by atoms with van der Waals surface area (Å²) in [5.74, 6) is -0.237. The maximum absolute atomic E-state index is 12.8. The summed E-state index contributed by atoms with van der Waals surface area (Å²) in [6.45, 7) is 7.50. The van der Waals surface area contributed by atoms with E-state index in [9.17, 15) is 13.2 Å². The van der Waals surface area contributed by atoms with E-state index in [1.165, 1.54) is 11.4 Å². The Morgan fingerprint density at radius 3 is 2.20 bits per heavy atom. The lowest BCUT2D eigenvalue weighted by Gasteiger charge is -2.24. The van der Waals surface area contributed by atoms with Gasteiger partial charge in [0.05, 0.1) is 10.6 Å². The van der Waals surface area contributed by atoms with Gasteiger partial charge in [0.15, 0.2) is 0 Å². The van der Waals surface area contributed by atoms with E-state index >= 15 is 0 Å². The third kappa shape index (κ3) is 4.39. The molecule has 0 atom stereocenters. The van der Waals surface area contributed by atoms with Crippen molar-refractivity contribution in [3.05, 3.63) is 59.7 Å². The number of anilines is 1. The molecule has 2 aromatic rings. The van der Waals surface area contributed by atoms with E-state index in [0.717, 1.165) is 5.56 Å². The Kier molecular flexibility index (Phi) is 5.23. The number of aryl methyl sites for hydroxylation is 1. The van der Waals surface area contributed by atoms with E-state index in [4.69, 9.17) is 0 Å². The van der Waals surface area contributed by atoms with Gasteiger partial charge in [-0.2, -0.15) is 0 Å². The van der Waals surface area contributed by atoms with Gasteiger partial charge in [0.25, 0.3) is 15.9 Å². The van der Waals surface area contributed by atoms with Crippen LogP contribution >= 0.6 is 0 Å². The Labute approximate surface area is 149 Å². The average molecular weight is 360 g/mol. The van der Waals surface area contributed by atoms with Gasteiger partial charge in [0.2, 0.25) is 0 Å². The Morgan fingerprint density at radius 1 is 1.04 bits per heavy atom. The summed E-state index contributed by atoms with van der Waals surface area (Å²) in [6, 6.07) is 13.3. The summed E-state index contributed by atoms with van der Waals surface area (Å²) in [4.78, 5) is 12.6. The first-order valence-corrected chi connectivity index (χ1v) is 9.43. The van der Waals surface area contributed by atoms with E-state index in [1.807, 2.05) is 27.7 Å². The number of carbonyl (C=O) groups is 1. The van der Waals surface area contributed by atoms with Crippen molar-refractivity contribution in [2.24, 2.45) is 0 Å². The van der Waals surface area contributed by atoms with Gasteiger partial charge >= 0.3 is 0 Å². The molecule has 0 saturated carbocycles. The van der Waals surface area contributed by atoms with Crippen LogP contribution in [0, 0.1) is 6.92 Å². The minimum atomic E-state index is -3.69. The number of rotatable bonds is 4. The summed E-state index contributed by atoms with van der Waals surface area (Å²) >= 11 is 0. The number of hydrogen-bond donors (Lipinski definition) is 1. The van der Waals surface area contributed by atoms with Crippen LogP contribution in [-0.2, 0) is 10.0 Å². The molecule has 25 heavy (non-hydrogen) atoms. The average Bonchev–Trinajstić information content (AvgIpc) is 2.53. The summed E-state index contributed by atoms with van der Waals surface area (Å²) in [7, 11) is -2.19. The van der Waals surface area contributed by atoms with E-state index in [0.29, 0.717) is 11.3 Å². The molecule has 0 bridgehead atoms. The highest BCUT2D eigenvalue weighted by Crippen LogP contribution is 2.26. The Bertz CT molecular complexity index is 869. The lowest BCUT2D eigenvalue weighted by atomic mass is 10.1. The highest BCUT2D eigenvalue weighted by Gasteiger charge is 2.23. The molecule has 0 aliphatic rings. The van der Waals surface area contributed by atoms with Gasteiger partial charge in [-0.3, -0.25) is 9.10 Å². The molecule has 1 amide bonds. The van der Waals surface area contributed by atoms with Gasteiger partial charge in [-0.25, -0.2) is 8.42 Å². The second-order valence-corrected chi connectivity index (χ2v) is 8.96. The molecule has 1 N–H and O–H groups in total. The standard InChI is InChI=1S/C19H24N2O3S/c1-14-11-12-15(18(22)20-19(2,3)4)13-17(14)21(5)25(23,24)16-9-7-6-8-10-16/h6-13H,1-5H3,(H,20,22). The van der Waals surface area contributed by atoms with Gasteiger partial charge < -0.3 is 5.32 Å². The van der Waals surface area contributed by atoms with Crippen LogP contribution < -0.4 is 9.62 Å². The molecule has 0 radical (unpaired) electrons. The van der Waals surface area contributed by atoms with Crippen molar-refractivity contribution in [1.82, 2.24) is 5.32 Å². The lowest BCUT2D eigenvalue weighted by Crippen LogP contribution is -2.40. The molecule has 2 aromatic carbocycles. The Balaban J connectivity index is 2.42. The molecule has 2 rings (SSSR count). The zero-order valence-corrected chi connectivity index (χ0v) is 16.0. The van der Waals surface area contributed by atoms with E-state index < -0.39 is 10.0 Å². The molecule has 5 nitrogen and oxygen atoms in total. The summed E-state index contributed by atoms with van der Waals surface area (Å²) < 4.78 is 26.9. The molecule has 0 aliphatic carbocycles. The zero-order chi connectivity index (χ0) is 18.8. The largest absolute Gasteiger partial charge is 0.347 e. The fourth-order valence-electron chi connectivity index (χ4n) is 2.38. The van der Waals surface area contributed by atoms with Crippen molar-refractivity contribution in [2.45, 2.75) is 38.1 Å². The van der Waals surface area contributed by atoms with E-state index in [-0.39, 0.29) is 16.3 Å². The molecular formula is C19H24N2O3S. The maximum atomic E-state index is 12.8. The Morgan fingerprint density at radius 2 is 1.64 bits per heavy atom. The van der Waals surface area contributed by atoms with Gasteiger partial charge in [0.1, 0.15) is 0 Å². The molecule has 0 aromatic heterocycles. The predicted molar refractivity (Wildman–Crippen MR) is 100 cm³/mol. The van der Waals surface area contributed by atoms with Gasteiger partial charge in [-0.1, -0.05) is 24.3 Å². The van der Waals surface area contributed by atoms with Crippen molar-refractivity contribution in [3.63, 3.8) is 0 Å². The van der Waals surface area contributed by atoms with E-state index in [1.54, 1.807) is 48.5 Å². The fourth-order valence-corrected chi connectivity index (χ4v) is 3.66. The van der Waals surface area contributed by atoms with Crippen LogP contribution in [0.3, 0.4) is 0 Å². The topological polar surface area (TPSA) is 66.5 Å². The van der Waals surface area contributed by atoms with Crippen molar-refractivity contribution >= 4 is 21.6 Å². The minimum Gasteiger partial charge on any atom is -0.347 e. The van der Waals surface area contributed by atoms with Crippen molar-refractivity contribution in [1.29, 1.82) is 0 Å². The molecule has 0 heterocycles. The van der Waals surface area contributed by atoms with Crippen LogP contribution in [0.1, 0.15) is 36.7 Å². The molecule has 0 unspecified atom stereocenters. The molecule has 134 valence electrons.